The fraction of sp³-hybridized carbons (Fsp3) is 0.591. The van der Waals surface area contributed by atoms with Gasteiger partial charge in [0, 0.05) is 22.7 Å². The Labute approximate surface area is 201 Å². The summed E-state index contributed by atoms with van der Waals surface area (Å²) < 4.78 is 2.25. The van der Waals surface area contributed by atoms with Crippen LogP contribution < -0.4 is 10.6 Å². The van der Waals surface area contributed by atoms with Crippen LogP contribution in [0.3, 0.4) is 0 Å². The van der Waals surface area contributed by atoms with E-state index in [2.05, 4.69) is 58.0 Å². The van der Waals surface area contributed by atoms with E-state index in [0.29, 0.717) is 0 Å². The van der Waals surface area contributed by atoms with Gasteiger partial charge in [-0.25, -0.2) is 9.67 Å². The summed E-state index contributed by atoms with van der Waals surface area (Å²) in [6.07, 6.45) is 7.22. The van der Waals surface area contributed by atoms with Gasteiger partial charge < -0.3 is 10.6 Å². The average molecular weight is 541 g/mol. The maximum absolute atomic E-state index is 5.05. The Morgan fingerprint density at radius 1 is 1.23 bits per heavy atom. The van der Waals surface area contributed by atoms with Gasteiger partial charge in [-0.05, 0) is 51.7 Å². The third-order valence-electron chi connectivity index (χ3n) is 5.75. The van der Waals surface area contributed by atoms with Crippen molar-refractivity contribution >= 4 is 41.7 Å². The molecule has 2 N–H and O–H groups in total. The minimum absolute atomic E-state index is 0. The van der Waals surface area contributed by atoms with E-state index in [1.54, 1.807) is 0 Å². The molecule has 1 atom stereocenters. The van der Waals surface area contributed by atoms with Crippen molar-refractivity contribution in [3.63, 3.8) is 0 Å². The summed E-state index contributed by atoms with van der Waals surface area (Å²) in [4.78, 5) is 11.1. The number of hydrogen-bond donors (Lipinski definition) is 2. The standard InChI is InChI=1S/C22H32N6S.HI/c1-3-23-21(26-19-12-9-15-28-20(19)25-17(2)27-28)24-16-22(13-7-8-14-22)29-18-10-5-4-6-11-18;/h4-6,10-11,19H,3,7-9,12-16H2,1-2H3,(H2,23,24,26);1H. The number of aliphatic imine (C=N–C) groups is 1. The maximum Gasteiger partial charge on any atom is 0.191 e. The fourth-order valence-corrected chi connectivity index (χ4v) is 5.78. The van der Waals surface area contributed by atoms with Gasteiger partial charge in [0.15, 0.2) is 5.96 Å². The Balaban J connectivity index is 0.00000256. The Kier molecular flexibility index (Phi) is 8.44. The van der Waals surface area contributed by atoms with Crippen LogP contribution in [0.4, 0.5) is 0 Å². The van der Waals surface area contributed by atoms with E-state index >= 15 is 0 Å². The largest absolute Gasteiger partial charge is 0.357 e. The van der Waals surface area contributed by atoms with Gasteiger partial charge in [-0.1, -0.05) is 31.0 Å². The molecule has 1 aromatic heterocycles. The van der Waals surface area contributed by atoms with Crippen LogP contribution in [-0.2, 0) is 6.54 Å². The Bertz CT molecular complexity index is 831. The molecule has 1 aromatic carbocycles. The second kappa shape index (κ2) is 10.8. The van der Waals surface area contributed by atoms with Gasteiger partial charge in [-0.2, -0.15) is 5.10 Å². The van der Waals surface area contributed by atoms with Gasteiger partial charge in [0.25, 0.3) is 0 Å². The van der Waals surface area contributed by atoms with E-state index < -0.39 is 0 Å². The van der Waals surface area contributed by atoms with Crippen molar-refractivity contribution in [2.45, 2.75) is 74.6 Å². The summed E-state index contributed by atoms with van der Waals surface area (Å²) in [5.41, 5.74) is 0. The molecule has 0 amide bonds. The fourth-order valence-electron chi connectivity index (χ4n) is 4.36. The molecule has 164 valence electrons. The first-order valence-corrected chi connectivity index (χ1v) is 11.7. The van der Waals surface area contributed by atoms with Gasteiger partial charge in [0.1, 0.15) is 11.6 Å². The molecule has 2 aliphatic rings. The summed E-state index contributed by atoms with van der Waals surface area (Å²) >= 11 is 2.01. The number of hydrogen-bond acceptors (Lipinski definition) is 4. The number of rotatable bonds is 6. The molecule has 8 heteroatoms. The van der Waals surface area contributed by atoms with E-state index in [-0.39, 0.29) is 34.8 Å². The number of nitrogens with zero attached hydrogens (tertiary/aromatic N) is 4. The number of aromatic nitrogens is 3. The summed E-state index contributed by atoms with van der Waals surface area (Å²) in [6, 6.07) is 10.9. The minimum atomic E-state index is 0. The Morgan fingerprint density at radius 2 is 2.00 bits per heavy atom. The highest BCUT2D eigenvalue weighted by molar-refractivity contribution is 14.0. The molecule has 2 aromatic rings. The first-order chi connectivity index (χ1) is 14.2. The summed E-state index contributed by atoms with van der Waals surface area (Å²) in [5, 5.41) is 11.6. The summed E-state index contributed by atoms with van der Waals surface area (Å²) in [6.45, 7) is 6.73. The summed E-state index contributed by atoms with van der Waals surface area (Å²) in [7, 11) is 0. The Hall–Kier alpha value is -1.29. The van der Waals surface area contributed by atoms with Crippen LogP contribution in [-0.4, -0.2) is 38.6 Å². The zero-order chi connectivity index (χ0) is 20.1. The maximum atomic E-state index is 5.05. The second-order valence-electron chi connectivity index (χ2n) is 8.08. The molecular weight excluding hydrogens is 507 g/mol. The molecule has 0 radical (unpaired) electrons. The Morgan fingerprint density at radius 3 is 2.73 bits per heavy atom. The lowest BCUT2D eigenvalue weighted by molar-refractivity contribution is 0.397. The zero-order valence-electron chi connectivity index (χ0n) is 17.9. The van der Waals surface area contributed by atoms with E-state index in [9.17, 15) is 0 Å². The highest BCUT2D eigenvalue weighted by Gasteiger charge is 2.35. The van der Waals surface area contributed by atoms with Gasteiger partial charge in [-0.15, -0.1) is 35.7 Å². The molecule has 0 spiro atoms. The molecule has 2 heterocycles. The average Bonchev–Trinajstić information content (AvgIpc) is 3.34. The highest BCUT2D eigenvalue weighted by atomic mass is 127. The third-order valence-corrected chi connectivity index (χ3v) is 7.23. The quantitative estimate of drug-likeness (QED) is 0.316. The third kappa shape index (κ3) is 5.69. The normalized spacial score (nSPS) is 20.3. The van der Waals surface area contributed by atoms with Crippen molar-refractivity contribution in [2.75, 3.05) is 13.1 Å². The minimum Gasteiger partial charge on any atom is -0.357 e. The van der Waals surface area contributed by atoms with Crippen LogP contribution in [0, 0.1) is 6.92 Å². The van der Waals surface area contributed by atoms with Crippen molar-refractivity contribution in [2.24, 2.45) is 4.99 Å². The van der Waals surface area contributed by atoms with Crippen molar-refractivity contribution < 1.29 is 0 Å². The van der Waals surface area contributed by atoms with Crippen LogP contribution >= 0.6 is 35.7 Å². The SMILES string of the molecule is CCNC(=NCC1(Sc2ccccc2)CCCC1)NC1CCCn2nc(C)nc21.I. The zero-order valence-corrected chi connectivity index (χ0v) is 21.1. The van der Waals surface area contributed by atoms with Crippen molar-refractivity contribution in [3.8, 4) is 0 Å². The lowest BCUT2D eigenvalue weighted by Gasteiger charge is -2.28. The molecule has 30 heavy (non-hydrogen) atoms. The molecule has 1 saturated carbocycles. The highest BCUT2D eigenvalue weighted by Crippen LogP contribution is 2.45. The van der Waals surface area contributed by atoms with Gasteiger partial charge in [0.2, 0.25) is 0 Å². The van der Waals surface area contributed by atoms with Crippen LogP contribution in [0.25, 0.3) is 0 Å². The van der Waals surface area contributed by atoms with E-state index in [4.69, 9.17) is 4.99 Å². The van der Waals surface area contributed by atoms with Gasteiger partial charge in [0.05, 0.1) is 12.6 Å². The second-order valence-corrected chi connectivity index (χ2v) is 9.62. The molecule has 6 nitrogen and oxygen atoms in total. The first kappa shape index (κ1) is 23.4. The number of thioether (sulfide) groups is 1. The molecule has 1 aliphatic carbocycles. The van der Waals surface area contributed by atoms with E-state index in [0.717, 1.165) is 50.1 Å². The summed E-state index contributed by atoms with van der Waals surface area (Å²) in [5.74, 6) is 2.78. The lowest BCUT2D eigenvalue weighted by atomic mass is 10.1. The molecule has 1 unspecified atom stereocenters. The van der Waals surface area contributed by atoms with Crippen LogP contribution in [0.2, 0.25) is 0 Å². The van der Waals surface area contributed by atoms with Crippen LogP contribution in [0.1, 0.15) is 63.1 Å². The first-order valence-electron chi connectivity index (χ1n) is 10.9. The smallest absolute Gasteiger partial charge is 0.191 e. The number of nitrogens with one attached hydrogen (secondary N) is 2. The van der Waals surface area contributed by atoms with Crippen LogP contribution in [0.15, 0.2) is 40.2 Å². The van der Waals surface area contributed by atoms with Gasteiger partial charge >= 0.3 is 0 Å². The number of guanidine groups is 1. The van der Waals surface area contributed by atoms with E-state index in [1.807, 2.05) is 23.4 Å². The molecule has 4 rings (SSSR count). The van der Waals surface area contributed by atoms with E-state index in [1.165, 1.54) is 30.6 Å². The predicted octanol–water partition coefficient (Wildman–Crippen LogP) is 4.70. The number of fused-ring (bicyclic) bond motifs is 1. The van der Waals surface area contributed by atoms with Crippen LogP contribution in [0.5, 0.6) is 0 Å². The molecule has 0 bridgehead atoms. The van der Waals surface area contributed by atoms with Gasteiger partial charge in [-0.3, -0.25) is 4.99 Å². The predicted molar refractivity (Wildman–Crippen MR) is 135 cm³/mol. The lowest BCUT2D eigenvalue weighted by Crippen LogP contribution is -2.42. The topological polar surface area (TPSA) is 67.1 Å². The van der Waals surface area contributed by atoms with Crippen molar-refractivity contribution in [1.29, 1.82) is 0 Å². The van der Waals surface area contributed by atoms with Crippen molar-refractivity contribution in [1.82, 2.24) is 25.4 Å². The number of aryl methyl sites for hydroxylation is 2. The molecule has 0 saturated heterocycles. The number of benzene rings is 1. The molecule has 1 aliphatic heterocycles. The monoisotopic (exact) mass is 540 g/mol. The number of halogens is 1. The molecular formula is C22H33IN6S. The van der Waals surface area contributed by atoms with Crippen molar-refractivity contribution in [3.05, 3.63) is 42.0 Å². The molecule has 1 fully saturated rings.